The molecule has 0 saturated carbocycles. The number of nitrogens with two attached hydrogens (primary N) is 1. The van der Waals surface area contributed by atoms with Crippen molar-refractivity contribution in [3.8, 4) is 22.4 Å². The number of furan rings is 1. The van der Waals surface area contributed by atoms with Crippen LogP contribution in [0.15, 0.2) is 45.5 Å². The van der Waals surface area contributed by atoms with Gasteiger partial charge < -0.3 is 10.2 Å². The van der Waals surface area contributed by atoms with E-state index in [1.54, 1.807) is 10.9 Å². The predicted octanol–water partition coefficient (Wildman–Crippen LogP) is 4.00. The molecule has 0 bridgehead atoms. The molecule has 3 aromatic rings. The third kappa shape index (κ3) is 2.04. The lowest BCUT2D eigenvalue weighted by molar-refractivity contribution is 0.535. The lowest BCUT2D eigenvalue weighted by Gasteiger charge is -2.04. The second-order valence-electron chi connectivity index (χ2n) is 4.63. The van der Waals surface area contributed by atoms with E-state index in [4.69, 9.17) is 10.2 Å². The monoisotopic (exact) mass is 331 g/mol. The van der Waals surface area contributed by atoms with Crippen molar-refractivity contribution in [2.45, 2.75) is 6.92 Å². The molecule has 0 spiro atoms. The van der Waals surface area contributed by atoms with Crippen LogP contribution in [0.1, 0.15) is 5.76 Å². The minimum absolute atomic E-state index is 0.638. The van der Waals surface area contributed by atoms with Crippen LogP contribution in [0.25, 0.3) is 22.4 Å². The highest BCUT2D eigenvalue weighted by molar-refractivity contribution is 9.10. The van der Waals surface area contributed by atoms with Gasteiger partial charge in [-0.05, 0) is 30.7 Å². The van der Waals surface area contributed by atoms with Gasteiger partial charge in [-0.25, -0.2) is 0 Å². The molecule has 20 heavy (non-hydrogen) atoms. The largest absolute Gasteiger partial charge is 0.469 e. The molecular formula is C15H14BrN3O. The summed E-state index contributed by atoms with van der Waals surface area (Å²) in [6.45, 7) is 1.92. The van der Waals surface area contributed by atoms with Crippen molar-refractivity contribution in [3.05, 3.63) is 46.8 Å². The Hall–Kier alpha value is -2.01. The topological polar surface area (TPSA) is 57.0 Å². The molecule has 0 aliphatic heterocycles. The van der Waals surface area contributed by atoms with Crippen LogP contribution in [-0.4, -0.2) is 9.78 Å². The molecule has 0 aliphatic rings. The van der Waals surface area contributed by atoms with Crippen LogP contribution in [0.3, 0.4) is 0 Å². The van der Waals surface area contributed by atoms with Gasteiger partial charge in [0.15, 0.2) is 0 Å². The third-order valence-corrected chi connectivity index (χ3v) is 3.81. The summed E-state index contributed by atoms with van der Waals surface area (Å²) in [5.41, 5.74) is 9.96. The van der Waals surface area contributed by atoms with E-state index in [0.717, 1.165) is 32.6 Å². The summed E-state index contributed by atoms with van der Waals surface area (Å²) in [5, 5.41) is 4.54. The Morgan fingerprint density at radius 2 is 2.10 bits per heavy atom. The first-order valence-corrected chi connectivity index (χ1v) is 7.00. The summed E-state index contributed by atoms with van der Waals surface area (Å²) in [6.07, 6.45) is 1.67. The van der Waals surface area contributed by atoms with Gasteiger partial charge in [-0.1, -0.05) is 28.1 Å². The SMILES string of the molecule is Cc1occc1-c1nn(C)c(N)c1-c1cccc(Br)c1. The van der Waals surface area contributed by atoms with E-state index in [0.29, 0.717) is 5.82 Å². The van der Waals surface area contributed by atoms with Crippen molar-refractivity contribution in [1.82, 2.24) is 9.78 Å². The average molecular weight is 332 g/mol. The first-order chi connectivity index (χ1) is 9.58. The second kappa shape index (κ2) is 4.83. The Balaban J connectivity index is 2.28. The first-order valence-electron chi connectivity index (χ1n) is 6.21. The molecule has 0 radical (unpaired) electrons. The van der Waals surface area contributed by atoms with E-state index in [9.17, 15) is 0 Å². The molecule has 102 valence electrons. The molecular weight excluding hydrogens is 318 g/mol. The van der Waals surface area contributed by atoms with Gasteiger partial charge >= 0.3 is 0 Å². The van der Waals surface area contributed by atoms with Crippen LogP contribution >= 0.6 is 15.9 Å². The molecule has 2 N–H and O–H groups in total. The Bertz CT molecular complexity index is 773. The van der Waals surface area contributed by atoms with Gasteiger partial charge in [-0.15, -0.1) is 0 Å². The highest BCUT2D eigenvalue weighted by atomic mass is 79.9. The normalized spacial score (nSPS) is 10.9. The van der Waals surface area contributed by atoms with Crippen molar-refractivity contribution >= 4 is 21.7 Å². The number of rotatable bonds is 2. The van der Waals surface area contributed by atoms with Crippen LogP contribution in [-0.2, 0) is 7.05 Å². The van der Waals surface area contributed by atoms with E-state index < -0.39 is 0 Å². The number of anilines is 1. The minimum atomic E-state index is 0.638. The number of benzene rings is 1. The zero-order valence-corrected chi connectivity index (χ0v) is 12.8. The number of aromatic nitrogens is 2. The quantitative estimate of drug-likeness (QED) is 0.772. The maximum Gasteiger partial charge on any atom is 0.129 e. The van der Waals surface area contributed by atoms with Gasteiger partial charge in [0.25, 0.3) is 0 Å². The van der Waals surface area contributed by atoms with Crippen molar-refractivity contribution in [3.63, 3.8) is 0 Å². The van der Waals surface area contributed by atoms with E-state index in [-0.39, 0.29) is 0 Å². The van der Waals surface area contributed by atoms with Gasteiger partial charge in [-0.2, -0.15) is 5.10 Å². The molecule has 4 nitrogen and oxygen atoms in total. The van der Waals surface area contributed by atoms with Crippen LogP contribution in [0.5, 0.6) is 0 Å². The molecule has 0 amide bonds. The zero-order chi connectivity index (χ0) is 14.3. The van der Waals surface area contributed by atoms with Crippen molar-refractivity contribution < 1.29 is 4.42 Å². The van der Waals surface area contributed by atoms with Crippen LogP contribution in [0.2, 0.25) is 0 Å². The van der Waals surface area contributed by atoms with Crippen molar-refractivity contribution in [2.24, 2.45) is 7.05 Å². The van der Waals surface area contributed by atoms with E-state index >= 15 is 0 Å². The third-order valence-electron chi connectivity index (χ3n) is 3.32. The Labute approximate surface area is 125 Å². The molecule has 1 aromatic carbocycles. The van der Waals surface area contributed by atoms with E-state index in [1.165, 1.54) is 0 Å². The number of nitrogen functional groups attached to an aromatic ring is 1. The maximum absolute atomic E-state index is 6.20. The van der Waals surface area contributed by atoms with Crippen LogP contribution < -0.4 is 5.73 Å². The first kappa shape index (κ1) is 13.0. The standard InChI is InChI=1S/C15H14BrN3O/c1-9-12(6-7-20-9)14-13(15(17)19(2)18-14)10-4-3-5-11(16)8-10/h3-8H,17H2,1-2H3. The summed E-state index contributed by atoms with van der Waals surface area (Å²) in [7, 11) is 1.84. The fraction of sp³-hybridized carbons (Fsp3) is 0.133. The second-order valence-corrected chi connectivity index (χ2v) is 5.55. The molecule has 0 saturated heterocycles. The number of hydrogen-bond acceptors (Lipinski definition) is 3. The Morgan fingerprint density at radius 1 is 1.30 bits per heavy atom. The summed E-state index contributed by atoms with van der Waals surface area (Å²) in [6, 6.07) is 9.94. The lowest BCUT2D eigenvalue weighted by atomic mass is 10.0. The van der Waals surface area contributed by atoms with Gasteiger partial charge in [-0.3, -0.25) is 4.68 Å². The van der Waals surface area contributed by atoms with Crippen LogP contribution in [0, 0.1) is 6.92 Å². The van der Waals surface area contributed by atoms with E-state index in [2.05, 4.69) is 21.0 Å². The summed E-state index contributed by atoms with van der Waals surface area (Å²) in [5.74, 6) is 1.47. The van der Waals surface area contributed by atoms with Crippen molar-refractivity contribution in [2.75, 3.05) is 5.73 Å². The number of nitrogens with zero attached hydrogens (tertiary/aromatic N) is 2. The molecule has 0 aliphatic carbocycles. The molecule has 2 aromatic heterocycles. The van der Waals surface area contributed by atoms with Gasteiger partial charge in [0.05, 0.1) is 11.8 Å². The van der Waals surface area contributed by atoms with Crippen LogP contribution in [0.4, 0.5) is 5.82 Å². The molecule has 5 heteroatoms. The highest BCUT2D eigenvalue weighted by Crippen LogP contribution is 2.38. The lowest BCUT2D eigenvalue weighted by Crippen LogP contribution is -1.97. The molecule has 0 atom stereocenters. The average Bonchev–Trinajstić information content (AvgIpc) is 2.94. The molecule has 0 fully saturated rings. The fourth-order valence-corrected chi connectivity index (χ4v) is 2.68. The van der Waals surface area contributed by atoms with Gasteiger partial charge in [0, 0.05) is 17.1 Å². The minimum Gasteiger partial charge on any atom is -0.469 e. The highest BCUT2D eigenvalue weighted by Gasteiger charge is 2.19. The van der Waals surface area contributed by atoms with Gasteiger partial charge in [0.2, 0.25) is 0 Å². The number of aryl methyl sites for hydroxylation is 2. The summed E-state index contributed by atoms with van der Waals surface area (Å²) >= 11 is 3.49. The number of hydrogen-bond donors (Lipinski definition) is 1. The molecule has 0 unspecified atom stereocenters. The molecule has 2 heterocycles. The Kier molecular flexibility index (Phi) is 3.14. The Morgan fingerprint density at radius 3 is 2.75 bits per heavy atom. The van der Waals surface area contributed by atoms with Gasteiger partial charge in [0.1, 0.15) is 17.3 Å². The smallest absolute Gasteiger partial charge is 0.129 e. The molecule has 3 rings (SSSR count). The van der Waals surface area contributed by atoms with E-state index in [1.807, 2.05) is 44.3 Å². The van der Waals surface area contributed by atoms with Crippen molar-refractivity contribution in [1.29, 1.82) is 0 Å². The fourth-order valence-electron chi connectivity index (χ4n) is 2.28. The number of halogens is 1. The summed E-state index contributed by atoms with van der Waals surface area (Å²) < 4.78 is 8.08. The maximum atomic E-state index is 6.20. The predicted molar refractivity (Wildman–Crippen MR) is 83.2 cm³/mol. The zero-order valence-electron chi connectivity index (χ0n) is 11.2. The summed E-state index contributed by atoms with van der Waals surface area (Å²) in [4.78, 5) is 0.